The van der Waals surface area contributed by atoms with Gasteiger partial charge in [-0.05, 0) is 87.8 Å². The van der Waals surface area contributed by atoms with Crippen molar-refractivity contribution in [1.82, 2.24) is 4.57 Å². The molecule has 1 aromatic heterocycles. The molecule has 1 aliphatic carbocycles. The molecule has 6 aromatic carbocycles. The molecule has 1 aliphatic rings. The third-order valence-corrected chi connectivity index (χ3v) is 9.44. The maximum Gasteiger partial charge on any atom is 0.0616 e. The van der Waals surface area contributed by atoms with Crippen molar-refractivity contribution >= 4 is 44.1 Å². The number of rotatable bonds is 5. The molecule has 0 amide bonds. The predicted molar refractivity (Wildman–Crippen MR) is 194 cm³/mol. The Kier molecular flexibility index (Phi) is 6.80. The molecule has 8 rings (SSSR count). The Balaban J connectivity index is 1.42. The monoisotopic (exact) mass is 577 g/mol. The van der Waals surface area contributed by atoms with Crippen LogP contribution in [0, 0.1) is 6.92 Å². The third-order valence-electron chi connectivity index (χ3n) is 9.44. The van der Waals surface area contributed by atoms with Gasteiger partial charge in [-0.3, -0.25) is 0 Å². The Morgan fingerprint density at radius 1 is 0.622 bits per heavy atom. The lowest BCUT2D eigenvalue weighted by Crippen LogP contribution is -2.01. The summed E-state index contributed by atoms with van der Waals surface area (Å²) >= 11 is 0. The largest absolute Gasteiger partial charge is 0.309 e. The minimum absolute atomic E-state index is 0.407. The van der Waals surface area contributed by atoms with E-state index in [2.05, 4.69) is 176 Å². The van der Waals surface area contributed by atoms with Gasteiger partial charge in [0.1, 0.15) is 0 Å². The van der Waals surface area contributed by atoms with Crippen molar-refractivity contribution in [2.45, 2.75) is 26.2 Å². The summed E-state index contributed by atoms with van der Waals surface area (Å²) in [4.78, 5) is 0. The first kappa shape index (κ1) is 27.2. The molecule has 0 spiro atoms. The van der Waals surface area contributed by atoms with Gasteiger partial charge in [-0.1, -0.05) is 140 Å². The fraction of sp³-hybridized carbons (Fsp3) is 0.0909. The Morgan fingerprint density at radius 2 is 1.20 bits per heavy atom. The number of nitrogens with zero attached hydrogens (tertiary/aromatic N) is 1. The van der Waals surface area contributed by atoms with Gasteiger partial charge in [-0.15, -0.1) is 0 Å². The number of aromatic nitrogens is 1. The molecule has 45 heavy (non-hydrogen) atoms. The first-order valence-corrected chi connectivity index (χ1v) is 15.9. The summed E-state index contributed by atoms with van der Waals surface area (Å²) in [6, 6.07) is 46.5. The normalized spacial score (nSPS) is 15.0. The van der Waals surface area contributed by atoms with Crippen LogP contribution in [0.1, 0.15) is 41.6 Å². The van der Waals surface area contributed by atoms with E-state index in [9.17, 15) is 0 Å². The minimum Gasteiger partial charge on any atom is -0.309 e. The van der Waals surface area contributed by atoms with E-state index in [1.54, 1.807) is 0 Å². The summed E-state index contributed by atoms with van der Waals surface area (Å²) in [5.74, 6) is 0.407. The Labute approximate surface area is 265 Å². The SMILES string of the molecule is C/C=C\c1c(C)c2cccc(-c3c4ccccc4c(C4=CCC(c5ccccc5)C=C4)c4ccccc34)c2n1-c1ccccc1. The number of benzene rings is 6. The number of hydrogen-bond donors (Lipinski definition) is 0. The Bertz CT molecular complexity index is 2240. The summed E-state index contributed by atoms with van der Waals surface area (Å²) in [5.41, 5.74) is 11.5. The smallest absolute Gasteiger partial charge is 0.0616 e. The van der Waals surface area contributed by atoms with Crippen LogP contribution in [0.25, 0.3) is 60.9 Å². The van der Waals surface area contributed by atoms with E-state index < -0.39 is 0 Å². The molecule has 1 nitrogen and oxygen atoms in total. The molecule has 0 fully saturated rings. The van der Waals surface area contributed by atoms with Crippen LogP contribution in [0.15, 0.2) is 152 Å². The molecule has 1 heteroatoms. The van der Waals surface area contributed by atoms with Crippen LogP contribution in [0.4, 0.5) is 0 Å². The van der Waals surface area contributed by atoms with Crippen LogP contribution in [-0.2, 0) is 0 Å². The maximum atomic E-state index is 2.45. The number of aryl methyl sites for hydroxylation is 1. The molecule has 7 aromatic rings. The van der Waals surface area contributed by atoms with Gasteiger partial charge in [0.2, 0.25) is 0 Å². The lowest BCUT2D eigenvalue weighted by molar-refractivity contribution is 0.857. The van der Waals surface area contributed by atoms with E-state index in [1.807, 2.05) is 0 Å². The maximum absolute atomic E-state index is 2.45. The van der Waals surface area contributed by atoms with Crippen molar-refractivity contribution in [3.05, 3.63) is 174 Å². The summed E-state index contributed by atoms with van der Waals surface area (Å²) in [7, 11) is 0. The molecule has 0 bridgehead atoms. The number of fused-ring (bicyclic) bond motifs is 3. The molecule has 0 saturated carbocycles. The second-order valence-electron chi connectivity index (χ2n) is 12.0. The highest BCUT2D eigenvalue weighted by Crippen LogP contribution is 2.46. The number of hydrogen-bond acceptors (Lipinski definition) is 0. The van der Waals surface area contributed by atoms with Crippen LogP contribution < -0.4 is 0 Å². The lowest BCUT2D eigenvalue weighted by Gasteiger charge is -2.22. The number of para-hydroxylation sites is 2. The minimum atomic E-state index is 0.407. The van der Waals surface area contributed by atoms with Gasteiger partial charge in [0.25, 0.3) is 0 Å². The van der Waals surface area contributed by atoms with E-state index in [4.69, 9.17) is 0 Å². The zero-order valence-corrected chi connectivity index (χ0v) is 25.7. The average Bonchev–Trinajstić information content (AvgIpc) is 3.39. The predicted octanol–water partition coefficient (Wildman–Crippen LogP) is 12.1. The van der Waals surface area contributed by atoms with Crippen LogP contribution >= 0.6 is 0 Å². The van der Waals surface area contributed by atoms with Crippen LogP contribution in [-0.4, -0.2) is 4.57 Å². The van der Waals surface area contributed by atoms with E-state index >= 15 is 0 Å². The van der Waals surface area contributed by atoms with Gasteiger partial charge in [0.15, 0.2) is 0 Å². The molecule has 1 heterocycles. The first-order chi connectivity index (χ1) is 22.2. The zero-order chi connectivity index (χ0) is 30.3. The first-order valence-electron chi connectivity index (χ1n) is 15.9. The molecular formula is C44H35N. The van der Waals surface area contributed by atoms with Crippen molar-refractivity contribution in [3.63, 3.8) is 0 Å². The highest BCUT2D eigenvalue weighted by Gasteiger charge is 2.23. The second kappa shape index (κ2) is 11.3. The highest BCUT2D eigenvalue weighted by atomic mass is 15.0. The van der Waals surface area contributed by atoms with E-state index in [-0.39, 0.29) is 0 Å². The van der Waals surface area contributed by atoms with Gasteiger partial charge < -0.3 is 4.57 Å². The molecule has 0 aliphatic heterocycles. The molecule has 0 radical (unpaired) electrons. The Hall–Kier alpha value is -5.40. The molecular weight excluding hydrogens is 542 g/mol. The van der Waals surface area contributed by atoms with Crippen molar-refractivity contribution in [2.24, 2.45) is 0 Å². The third kappa shape index (κ3) is 4.47. The van der Waals surface area contributed by atoms with Gasteiger partial charge in [0, 0.05) is 28.2 Å². The fourth-order valence-corrected chi connectivity index (χ4v) is 7.40. The molecule has 216 valence electrons. The van der Waals surface area contributed by atoms with E-state index in [0.717, 1.165) is 6.42 Å². The second-order valence-corrected chi connectivity index (χ2v) is 12.0. The highest BCUT2D eigenvalue weighted by molar-refractivity contribution is 6.22. The van der Waals surface area contributed by atoms with Crippen LogP contribution in [0.2, 0.25) is 0 Å². The average molecular weight is 578 g/mol. The summed E-state index contributed by atoms with van der Waals surface area (Å²) in [6.07, 6.45) is 12.6. The zero-order valence-electron chi connectivity index (χ0n) is 25.7. The molecule has 1 atom stereocenters. The summed E-state index contributed by atoms with van der Waals surface area (Å²) in [5, 5.41) is 6.43. The standard InChI is InChI=1S/C44H35N/c1-3-15-41-30(2)35-24-14-25-40(44(35)45(41)34-18-8-5-9-19-34)43-38-22-12-10-20-36(38)42(37-21-11-13-23-39(37)43)33-28-26-32(27-29-33)31-16-6-4-7-17-31/h3-26,28-29,32H,27H2,1-2H3/b15-3-. The van der Waals surface area contributed by atoms with Gasteiger partial charge in [0.05, 0.1) is 5.52 Å². The molecule has 0 N–H and O–H groups in total. The quantitative estimate of drug-likeness (QED) is 0.179. The topological polar surface area (TPSA) is 4.93 Å². The van der Waals surface area contributed by atoms with Crippen molar-refractivity contribution in [2.75, 3.05) is 0 Å². The van der Waals surface area contributed by atoms with Crippen LogP contribution in [0.5, 0.6) is 0 Å². The fourth-order valence-electron chi connectivity index (χ4n) is 7.40. The summed E-state index contributed by atoms with van der Waals surface area (Å²) < 4.78 is 2.45. The van der Waals surface area contributed by atoms with Gasteiger partial charge in [-0.25, -0.2) is 0 Å². The van der Waals surface area contributed by atoms with Crippen molar-refractivity contribution in [3.8, 4) is 16.8 Å². The lowest BCUT2D eigenvalue weighted by atomic mass is 9.82. The molecule has 0 saturated heterocycles. The van der Waals surface area contributed by atoms with Gasteiger partial charge in [-0.2, -0.15) is 0 Å². The molecule has 1 unspecified atom stereocenters. The van der Waals surface area contributed by atoms with Crippen LogP contribution in [0.3, 0.4) is 0 Å². The van der Waals surface area contributed by atoms with E-state index in [1.165, 1.54) is 77.2 Å². The van der Waals surface area contributed by atoms with Crippen molar-refractivity contribution < 1.29 is 0 Å². The van der Waals surface area contributed by atoms with E-state index in [0.29, 0.717) is 5.92 Å². The Morgan fingerprint density at radius 3 is 1.80 bits per heavy atom. The van der Waals surface area contributed by atoms with Gasteiger partial charge >= 0.3 is 0 Å². The number of allylic oxidation sites excluding steroid dienone is 5. The summed E-state index contributed by atoms with van der Waals surface area (Å²) in [6.45, 7) is 4.36. The van der Waals surface area contributed by atoms with Crippen molar-refractivity contribution in [1.29, 1.82) is 0 Å².